The zero-order valence-electron chi connectivity index (χ0n) is 11.4. The van der Waals surface area contributed by atoms with Crippen LogP contribution >= 0.6 is 11.6 Å². The molecule has 2 nitrogen and oxygen atoms in total. The van der Waals surface area contributed by atoms with Gasteiger partial charge < -0.3 is 10.0 Å². The van der Waals surface area contributed by atoms with Gasteiger partial charge in [-0.05, 0) is 49.2 Å². The van der Waals surface area contributed by atoms with Crippen molar-refractivity contribution in [2.45, 2.75) is 20.0 Å². The van der Waals surface area contributed by atoms with Crippen LogP contribution in [0.15, 0.2) is 42.5 Å². The first-order valence-corrected chi connectivity index (χ1v) is 6.64. The molecule has 2 aromatic rings. The van der Waals surface area contributed by atoms with Gasteiger partial charge in [-0.2, -0.15) is 0 Å². The smallest absolute Gasteiger partial charge is 0.0762 e. The number of aryl methyl sites for hydroxylation is 1. The minimum Gasteiger partial charge on any atom is -0.389 e. The first-order chi connectivity index (χ1) is 8.99. The Morgan fingerprint density at radius 2 is 1.89 bits per heavy atom. The van der Waals surface area contributed by atoms with Crippen LogP contribution in [-0.2, 0) is 0 Å². The summed E-state index contributed by atoms with van der Waals surface area (Å²) in [5.41, 5.74) is 4.05. The third kappa shape index (κ3) is 3.09. The number of aliphatic hydroxyl groups excluding tert-OH is 1. The van der Waals surface area contributed by atoms with Crippen LogP contribution in [0.5, 0.6) is 0 Å². The van der Waals surface area contributed by atoms with E-state index < -0.39 is 6.10 Å². The fourth-order valence-electron chi connectivity index (χ4n) is 2.03. The normalized spacial score (nSPS) is 12.3. The Morgan fingerprint density at radius 1 is 1.16 bits per heavy atom. The fraction of sp³-hybridized carbons (Fsp3) is 0.250. The van der Waals surface area contributed by atoms with Crippen molar-refractivity contribution in [3.8, 4) is 0 Å². The first kappa shape index (κ1) is 13.9. The maximum atomic E-state index is 9.56. The molecule has 0 saturated carbocycles. The molecule has 0 bridgehead atoms. The number of rotatable bonds is 3. The van der Waals surface area contributed by atoms with Gasteiger partial charge in [0.2, 0.25) is 0 Å². The monoisotopic (exact) mass is 275 g/mol. The number of hydrogen-bond donors (Lipinski definition) is 1. The zero-order chi connectivity index (χ0) is 14.0. The summed E-state index contributed by atoms with van der Waals surface area (Å²) in [7, 11) is 1.98. The van der Waals surface area contributed by atoms with Gasteiger partial charge in [0.05, 0.1) is 16.8 Å². The quantitative estimate of drug-likeness (QED) is 0.893. The molecule has 0 spiro atoms. The minimum atomic E-state index is -0.504. The summed E-state index contributed by atoms with van der Waals surface area (Å²) < 4.78 is 0. The molecular weight excluding hydrogens is 258 g/mol. The lowest BCUT2D eigenvalue weighted by molar-refractivity contribution is 0.199. The van der Waals surface area contributed by atoms with Gasteiger partial charge in [0.1, 0.15) is 0 Å². The van der Waals surface area contributed by atoms with Crippen molar-refractivity contribution in [2.24, 2.45) is 0 Å². The van der Waals surface area contributed by atoms with Crippen molar-refractivity contribution < 1.29 is 5.11 Å². The fourth-order valence-corrected chi connectivity index (χ4v) is 2.35. The maximum Gasteiger partial charge on any atom is 0.0762 e. The lowest BCUT2D eigenvalue weighted by Crippen LogP contribution is -2.10. The van der Waals surface area contributed by atoms with E-state index in [9.17, 15) is 5.11 Å². The van der Waals surface area contributed by atoms with Crippen LogP contribution in [0.2, 0.25) is 5.02 Å². The van der Waals surface area contributed by atoms with Crippen LogP contribution in [0.4, 0.5) is 11.4 Å². The highest BCUT2D eigenvalue weighted by Gasteiger charge is 2.10. The molecule has 0 heterocycles. The van der Waals surface area contributed by atoms with Gasteiger partial charge >= 0.3 is 0 Å². The minimum absolute atomic E-state index is 0.504. The van der Waals surface area contributed by atoms with E-state index in [2.05, 4.69) is 19.1 Å². The molecule has 0 aliphatic carbocycles. The van der Waals surface area contributed by atoms with Crippen molar-refractivity contribution in [3.63, 3.8) is 0 Å². The van der Waals surface area contributed by atoms with Gasteiger partial charge in [-0.15, -0.1) is 0 Å². The van der Waals surface area contributed by atoms with Gasteiger partial charge in [-0.3, -0.25) is 0 Å². The topological polar surface area (TPSA) is 23.5 Å². The molecule has 0 radical (unpaired) electrons. The molecule has 0 fully saturated rings. The van der Waals surface area contributed by atoms with E-state index in [0.717, 1.165) is 16.9 Å². The van der Waals surface area contributed by atoms with Gasteiger partial charge in [0.15, 0.2) is 0 Å². The third-order valence-corrected chi connectivity index (χ3v) is 3.51. The standard InChI is InChI=1S/C16H18ClNO/c1-11-5-4-6-14(9-11)18(3)16-8-7-13(12(2)19)10-15(16)17/h4-10,12,19H,1-3H3/t12-/m0/s1. The Bertz CT molecular complexity index is 581. The SMILES string of the molecule is Cc1cccc(N(C)c2ccc([C@H](C)O)cc2Cl)c1. The Hall–Kier alpha value is -1.51. The summed E-state index contributed by atoms with van der Waals surface area (Å²) >= 11 is 6.31. The largest absolute Gasteiger partial charge is 0.389 e. The van der Waals surface area contributed by atoms with Crippen LogP contribution in [0, 0.1) is 6.92 Å². The lowest BCUT2D eigenvalue weighted by Gasteiger charge is -2.22. The Morgan fingerprint density at radius 3 is 2.47 bits per heavy atom. The number of halogens is 1. The molecule has 0 unspecified atom stereocenters. The molecular formula is C16H18ClNO. The summed E-state index contributed by atoms with van der Waals surface area (Å²) in [6.45, 7) is 3.80. The highest BCUT2D eigenvalue weighted by atomic mass is 35.5. The molecule has 0 amide bonds. The maximum absolute atomic E-state index is 9.56. The number of aliphatic hydroxyl groups is 1. The van der Waals surface area contributed by atoms with E-state index in [4.69, 9.17) is 11.6 Å². The molecule has 100 valence electrons. The first-order valence-electron chi connectivity index (χ1n) is 6.27. The predicted molar refractivity (Wildman–Crippen MR) is 81.3 cm³/mol. The molecule has 0 aromatic heterocycles. The second-order valence-electron chi connectivity index (χ2n) is 4.78. The van der Waals surface area contributed by atoms with E-state index in [-0.39, 0.29) is 0 Å². The second kappa shape index (κ2) is 5.64. The van der Waals surface area contributed by atoms with E-state index in [1.165, 1.54) is 5.56 Å². The van der Waals surface area contributed by atoms with Crippen molar-refractivity contribution >= 4 is 23.0 Å². The Kier molecular flexibility index (Phi) is 4.13. The van der Waals surface area contributed by atoms with Crippen LogP contribution < -0.4 is 4.90 Å². The number of hydrogen-bond acceptors (Lipinski definition) is 2. The summed E-state index contributed by atoms with van der Waals surface area (Å²) in [5, 5.41) is 10.2. The van der Waals surface area contributed by atoms with Crippen molar-refractivity contribution in [3.05, 3.63) is 58.6 Å². The molecule has 3 heteroatoms. The van der Waals surface area contributed by atoms with Crippen LogP contribution in [-0.4, -0.2) is 12.2 Å². The predicted octanol–water partition coefficient (Wildman–Crippen LogP) is 4.47. The molecule has 0 aliphatic rings. The Labute approximate surface area is 119 Å². The highest BCUT2D eigenvalue weighted by molar-refractivity contribution is 6.33. The van der Waals surface area contributed by atoms with E-state index in [1.807, 2.05) is 42.3 Å². The molecule has 1 atom stereocenters. The van der Waals surface area contributed by atoms with Crippen molar-refractivity contribution in [2.75, 3.05) is 11.9 Å². The lowest BCUT2D eigenvalue weighted by atomic mass is 10.1. The summed E-state index contributed by atoms with van der Waals surface area (Å²) in [5.74, 6) is 0. The summed E-state index contributed by atoms with van der Waals surface area (Å²) in [4.78, 5) is 2.04. The van der Waals surface area contributed by atoms with Gasteiger partial charge in [0, 0.05) is 12.7 Å². The average molecular weight is 276 g/mol. The third-order valence-electron chi connectivity index (χ3n) is 3.20. The summed E-state index contributed by atoms with van der Waals surface area (Å²) in [6, 6.07) is 13.9. The van der Waals surface area contributed by atoms with Crippen LogP contribution in [0.3, 0.4) is 0 Å². The molecule has 0 saturated heterocycles. The van der Waals surface area contributed by atoms with Gasteiger partial charge in [0.25, 0.3) is 0 Å². The van der Waals surface area contributed by atoms with Crippen molar-refractivity contribution in [1.82, 2.24) is 0 Å². The van der Waals surface area contributed by atoms with Crippen molar-refractivity contribution in [1.29, 1.82) is 0 Å². The number of nitrogens with zero attached hydrogens (tertiary/aromatic N) is 1. The Balaban J connectivity index is 2.36. The van der Waals surface area contributed by atoms with Crippen LogP contribution in [0.25, 0.3) is 0 Å². The summed E-state index contributed by atoms with van der Waals surface area (Å²) in [6.07, 6.45) is -0.504. The van der Waals surface area contributed by atoms with E-state index >= 15 is 0 Å². The second-order valence-corrected chi connectivity index (χ2v) is 5.19. The van der Waals surface area contributed by atoms with E-state index in [1.54, 1.807) is 6.92 Å². The van der Waals surface area contributed by atoms with Gasteiger partial charge in [-0.1, -0.05) is 29.8 Å². The van der Waals surface area contributed by atoms with Gasteiger partial charge in [-0.25, -0.2) is 0 Å². The average Bonchev–Trinajstić information content (AvgIpc) is 2.37. The number of anilines is 2. The molecule has 1 N–H and O–H groups in total. The highest BCUT2D eigenvalue weighted by Crippen LogP contribution is 2.32. The van der Waals surface area contributed by atoms with E-state index in [0.29, 0.717) is 5.02 Å². The van der Waals surface area contributed by atoms with Crippen LogP contribution in [0.1, 0.15) is 24.2 Å². The molecule has 2 rings (SSSR count). The molecule has 2 aromatic carbocycles. The molecule has 0 aliphatic heterocycles. The molecule has 19 heavy (non-hydrogen) atoms. The number of benzene rings is 2. The zero-order valence-corrected chi connectivity index (χ0v) is 12.1.